The van der Waals surface area contributed by atoms with E-state index in [9.17, 15) is 4.39 Å². The van der Waals surface area contributed by atoms with E-state index in [0.717, 1.165) is 68.2 Å². The van der Waals surface area contributed by atoms with Crippen molar-refractivity contribution in [2.24, 2.45) is 0 Å². The highest BCUT2D eigenvalue weighted by Gasteiger charge is 2.18. The molecule has 1 saturated heterocycles. The van der Waals surface area contributed by atoms with Crippen molar-refractivity contribution in [2.45, 2.75) is 58.8 Å². The van der Waals surface area contributed by atoms with Gasteiger partial charge in [-0.2, -0.15) is 0 Å². The fraction of sp³-hybridized carbons (Fsp3) is 0.531. The first kappa shape index (κ1) is 27.7. The fourth-order valence-corrected chi connectivity index (χ4v) is 5.57. The van der Waals surface area contributed by atoms with Gasteiger partial charge in [0.05, 0.1) is 11.2 Å². The summed E-state index contributed by atoms with van der Waals surface area (Å²) in [4.78, 5) is 9.94. The largest absolute Gasteiger partial charge is 0.492 e. The number of piperidine rings is 1. The third-order valence-corrected chi connectivity index (χ3v) is 7.83. The van der Waals surface area contributed by atoms with Crippen molar-refractivity contribution in [3.05, 3.63) is 42.2 Å². The summed E-state index contributed by atoms with van der Waals surface area (Å²) in [5.41, 5.74) is 3.75. The van der Waals surface area contributed by atoms with Gasteiger partial charge in [0.1, 0.15) is 29.3 Å². The average Bonchev–Trinajstić information content (AvgIpc) is 3.32. The molecule has 3 heterocycles. The molecule has 0 saturated carbocycles. The van der Waals surface area contributed by atoms with E-state index < -0.39 is 0 Å². The number of anilines is 1. The average molecular weight is 535 g/mol. The molecule has 0 spiro atoms. The lowest BCUT2D eigenvalue weighted by molar-refractivity contribution is 0.204. The monoisotopic (exact) mass is 534 g/mol. The smallest absolute Gasteiger partial charge is 0.177 e. The van der Waals surface area contributed by atoms with Crippen LogP contribution in [0.25, 0.3) is 33.0 Å². The number of nitrogens with one attached hydrogen (secondary N) is 1. The van der Waals surface area contributed by atoms with Crippen LogP contribution in [0.15, 0.2) is 40.8 Å². The molecule has 2 aromatic carbocycles. The van der Waals surface area contributed by atoms with E-state index >= 15 is 0 Å². The lowest BCUT2D eigenvalue weighted by Crippen LogP contribution is -2.33. The third kappa shape index (κ3) is 6.82. The number of halogens is 1. The zero-order valence-corrected chi connectivity index (χ0v) is 23.6. The molecule has 0 radical (unpaired) electrons. The van der Waals surface area contributed by atoms with Gasteiger partial charge >= 0.3 is 0 Å². The van der Waals surface area contributed by atoms with Crippen molar-refractivity contribution >= 4 is 38.7 Å². The Bertz CT molecular complexity index is 1360. The van der Waals surface area contributed by atoms with E-state index in [1.165, 1.54) is 57.1 Å². The molecule has 6 nitrogen and oxygen atoms in total. The molecule has 1 N–H and O–H groups in total. The quantitative estimate of drug-likeness (QED) is 0.181. The molecule has 1 aliphatic heterocycles. The summed E-state index contributed by atoms with van der Waals surface area (Å²) in [5, 5.41) is 5.33. The summed E-state index contributed by atoms with van der Waals surface area (Å²) in [6.45, 7) is 12.4. The predicted octanol–water partition coefficient (Wildman–Crippen LogP) is 7.45. The first-order valence-corrected chi connectivity index (χ1v) is 14.9. The number of nitrogens with zero attached hydrogens (tertiary/aromatic N) is 3. The Morgan fingerprint density at radius 3 is 2.54 bits per heavy atom. The van der Waals surface area contributed by atoms with E-state index in [1.807, 2.05) is 12.1 Å². The zero-order valence-electron chi connectivity index (χ0n) is 23.6. The van der Waals surface area contributed by atoms with Gasteiger partial charge in [0.15, 0.2) is 5.58 Å². The molecule has 210 valence electrons. The normalized spacial score (nSPS) is 14.7. The maximum Gasteiger partial charge on any atom is 0.177 e. The molecule has 0 atom stereocenters. The number of furan rings is 1. The summed E-state index contributed by atoms with van der Waals surface area (Å²) < 4.78 is 26.6. The van der Waals surface area contributed by atoms with Crippen LogP contribution in [0.3, 0.4) is 0 Å². The number of hydrogen-bond acceptors (Lipinski definition) is 6. The Morgan fingerprint density at radius 1 is 0.974 bits per heavy atom. The van der Waals surface area contributed by atoms with Crippen molar-refractivity contribution in [2.75, 3.05) is 57.7 Å². The summed E-state index contributed by atoms with van der Waals surface area (Å²) in [6, 6.07) is 10.7. The van der Waals surface area contributed by atoms with Crippen molar-refractivity contribution < 1.29 is 13.5 Å². The van der Waals surface area contributed by atoms with Crippen LogP contribution in [0.5, 0.6) is 5.75 Å². The minimum Gasteiger partial charge on any atom is -0.492 e. The third-order valence-electron chi connectivity index (χ3n) is 7.83. The van der Waals surface area contributed by atoms with E-state index in [1.54, 1.807) is 6.07 Å². The van der Waals surface area contributed by atoms with Crippen LogP contribution in [0.4, 0.5) is 10.1 Å². The van der Waals surface area contributed by atoms with Crippen molar-refractivity contribution in [3.63, 3.8) is 0 Å². The Hall–Kier alpha value is -2.90. The number of rotatable bonds is 14. The number of benzene rings is 2. The Balaban J connectivity index is 1.40. The van der Waals surface area contributed by atoms with E-state index in [2.05, 4.69) is 35.0 Å². The lowest BCUT2D eigenvalue weighted by Gasteiger charge is -2.26. The second-order valence-corrected chi connectivity index (χ2v) is 10.8. The Morgan fingerprint density at radius 2 is 1.77 bits per heavy atom. The van der Waals surface area contributed by atoms with E-state index in [-0.39, 0.29) is 5.82 Å². The van der Waals surface area contributed by atoms with Crippen LogP contribution in [0.2, 0.25) is 0 Å². The SMILES string of the molecule is CCCCN(CCCC)CCOc1ccc2nc3c(oc4ccc(F)cc43)c(NCCN3CCCCC3)c2c1. The number of fused-ring (bicyclic) bond motifs is 4. The topological polar surface area (TPSA) is 53.8 Å². The molecule has 5 rings (SSSR count). The molecular weight excluding hydrogens is 491 g/mol. The maximum atomic E-state index is 14.1. The number of hydrogen-bond donors (Lipinski definition) is 1. The number of likely N-dealkylation sites (tertiary alicyclic amines) is 1. The molecule has 4 aromatic rings. The van der Waals surface area contributed by atoms with Crippen molar-refractivity contribution in [1.82, 2.24) is 14.8 Å². The van der Waals surface area contributed by atoms with Gasteiger partial charge in [-0.1, -0.05) is 33.1 Å². The zero-order chi connectivity index (χ0) is 27.0. The molecule has 0 amide bonds. The summed E-state index contributed by atoms with van der Waals surface area (Å²) in [6.07, 6.45) is 8.71. The molecule has 39 heavy (non-hydrogen) atoms. The molecule has 7 heteroatoms. The fourth-order valence-electron chi connectivity index (χ4n) is 5.57. The minimum absolute atomic E-state index is 0.289. The number of pyridine rings is 1. The Labute approximate surface area is 231 Å². The highest BCUT2D eigenvalue weighted by atomic mass is 19.1. The second kappa shape index (κ2) is 13.4. The first-order chi connectivity index (χ1) is 19.2. The number of aromatic nitrogens is 1. The molecule has 1 aliphatic rings. The molecule has 1 fully saturated rings. The van der Waals surface area contributed by atoms with Gasteiger partial charge in [-0.3, -0.25) is 4.90 Å². The molecular formula is C32H43FN4O2. The molecule has 0 bridgehead atoms. The summed E-state index contributed by atoms with van der Waals surface area (Å²) in [5.74, 6) is 0.540. The predicted molar refractivity (Wildman–Crippen MR) is 160 cm³/mol. The van der Waals surface area contributed by atoms with Gasteiger partial charge < -0.3 is 19.4 Å². The van der Waals surface area contributed by atoms with Crippen LogP contribution in [0.1, 0.15) is 58.8 Å². The standard InChI is InChI=1S/C32H43FN4O2/c1-3-5-15-37(16-6-4-2)20-21-38-25-11-12-28-26(23-25)30(34-14-19-36-17-8-7-9-18-36)32-31(35-28)27-22-24(33)10-13-29(27)39-32/h10-13,22-23H,3-9,14-21H2,1-2H3,(H,34,35). The van der Waals surface area contributed by atoms with Crippen LogP contribution >= 0.6 is 0 Å². The highest BCUT2D eigenvalue weighted by molar-refractivity contribution is 6.14. The van der Waals surface area contributed by atoms with Gasteiger partial charge in [0.25, 0.3) is 0 Å². The van der Waals surface area contributed by atoms with Crippen LogP contribution in [0, 0.1) is 5.82 Å². The summed E-state index contributed by atoms with van der Waals surface area (Å²) in [7, 11) is 0. The highest BCUT2D eigenvalue weighted by Crippen LogP contribution is 2.38. The van der Waals surface area contributed by atoms with Crippen LogP contribution in [-0.2, 0) is 0 Å². The molecule has 0 unspecified atom stereocenters. The van der Waals surface area contributed by atoms with Crippen molar-refractivity contribution in [1.29, 1.82) is 0 Å². The number of ether oxygens (including phenoxy) is 1. The van der Waals surface area contributed by atoms with E-state index in [0.29, 0.717) is 28.7 Å². The van der Waals surface area contributed by atoms with Gasteiger partial charge in [-0.15, -0.1) is 0 Å². The second-order valence-electron chi connectivity index (χ2n) is 10.8. The van der Waals surface area contributed by atoms with Gasteiger partial charge in [-0.25, -0.2) is 9.37 Å². The molecule has 2 aromatic heterocycles. The molecule has 0 aliphatic carbocycles. The number of unbranched alkanes of at least 4 members (excludes halogenated alkanes) is 2. The first-order valence-electron chi connectivity index (χ1n) is 14.9. The van der Waals surface area contributed by atoms with Crippen LogP contribution < -0.4 is 10.1 Å². The minimum atomic E-state index is -0.289. The lowest BCUT2D eigenvalue weighted by atomic mass is 10.1. The Kier molecular flexibility index (Phi) is 9.53. The maximum absolute atomic E-state index is 14.1. The van der Waals surface area contributed by atoms with Gasteiger partial charge in [0.2, 0.25) is 0 Å². The van der Waals surface area contributed by atoms with Crippen molar-refractivity contribution in [3.8, 4) is 5.75 Å². The van der Waals surface area contributed by atoms with E-state index in [4.69, 9.17) is 14.1 Å². The summed E-state index contributed by atoms with van der Waals surface area (Å²) >= 11 is 0. The van der Waals surface area contributed by atoms with Crippen LogP contribution in [-0.4, -0.2) is 67.2 Å². The van der Waals surface area contributed by atoms with Gasteiger partial charge in [0, 0.05) is 30.4 Å². The van der Waals surface area contributed by atoms with Gasteiger partial charge in [-0.05, 0) is 88.3 Å².